The number of hydrogen-bond donors (Lipinski definition) is 0. The van der Waals surface area contributed by atoms with E-state index in [1.54, 1.807) is 13.8 Å². The summed E-state index contributed by atoms with van der Waals surface area (Å²) in [7, 11) is -8.16. The molecule has 0 heterocycles. The average molecular weight is 804 g/mol. The molecule has 0 saturated carbocycles. The maximum Gasteiger partial charge on any atom is 2.00 e. The minimum absolute atomic E-state index is 0. The van der Waals surface area contributed by atoms with E-state index >= 15 is 0 Å². The van der Waals surface area contributed by atoms with Crippen LogP contribution in [0.2, 0.25) is 0 Å². The van der Waals surface area contributed by atoms with Crippen molar-refractivity contribution in [2.75, 3.05) is 0 Å². The van der Waals surface area contributed by atoms with E-state index in [-0.39, 0.29) is 48.9 Å². The van der Waals surface area contributed by atoms with Crippen molar-refractivity contribution in [2.45, 2.75) is 231 Å². The van der Waals surface area contributed by atoms with E-state index in [4.69, 9.17) is 0 Å². The zero-order valence-corrected chi connectivity index (χ0v) is 36.4. The standard InChI is InChI=1S/2C18H38O3S.Ba/c2*1-3-5-6-7-8-9-10-11-12-13-14-15-16-17-18(4-2)22(19,20)21;/h2*18H,3-17H2,1-2H3,(H,19,20,21);/q;;+2/p-2. The van der Waals surface area contributed by atoms with Crippen molar-refractivity contribution in [3.8, 4) is 0 Å². The van der Waals surface area contributed by atoms with E-state index in [0.717, 1.165) is 25.7 Å². The van der Waals surface area contributed by atoms with Crippen molar-refractivity contribution >= 4 is 69.1 Å². The summed E-state index contributed by atoms with van der Waals surface area (Å²) >= 11 is 0. The van der Waals surface area contributed by atoms with E-state index in [0.29, 0.717) is 25.7 Å². The SMILES string of the molecule is CCCCCCCCCCCCCCCC(CC)S(=O)(=O)[O-].CCCCCCCCCCCCCCCC(CC)S(=O)(=O)[O-].[Ba+2]. The van der Waals surface area contributed by atoms with Gasteiger partial charge >= 0.3 is 48.9 Å². The molecule has 0 spiro atoms. The Morgan fingerprint density at radius 1 is 0.356 bits per heavy atom. The first-order valence-corrected chi connectivity index (χ1v) is 21.9. The maximum atomic E-state index is 11.0. The summed E-state index contributed by atoms with van der Waals surface area (Å²) in [6.45, 7) is 8.06. The Balaban J connectivity index is -0.000000767. The zero-order chi connectivity index (χ0) is 33.4. The van der Waals surface area contributed by atoms with Crippen LogP contribution < -0.4 is 0 Å². The van der Waals surface area contributed by atoms with Crippen LogP contribution in [0.3, 0.4) is 0 Å². The van der Waals surface area contributed by atoms with Crippen LogP contribution in [0.15, 0.2) is 0 Å². The monoisotopic (exact) mass is 804 g/mol. The molecule has 45 heavy (non-hydrogen) atoms. The number of hydrogen-bond acceptors (Lipinski definition) is 6. The third kappa shape index (κ3) is 38.1. The van der Waals surface area contributed by atoms with Gasteiger partial charge in [0.15, 0.2) is 0 Å². The van der Waals surface area contributed by atoms with Gasteiger partial charge in [-0.2, -0.15) is 0 Å². The smallest absolute Gasteiger partial charge is 0.748 e. The summed E-state index contributed by atoms with van der Waals surface area (Å²) in [5.74, 6) is 0. The third-order valence-electron chi connectivity index (χ3n) is 8.99. The predicted octanol–water partition coefficient (Wildman–Crippen LogP) is 11.2. The van der Waals surface area contributed by atoms with E-state index in [9.17, 15) is 25.9 Å². The van der Waals surface area contributed by atoms with Crippen molar-refractivity contribution in [3.05, 3.63) is 0 Å². The van der Waals surface area contributed by atoms with Gasteiger partial charge < -0.3 is 9.11 Å². The van der Waals surface area contributed by atoms with Crippen molar-refractivity contribution in [1.29, 1.82) is 0 Å². The van der Waals surface area contributed by atoms with Gasteiger partial charge in [-0.15, -0.1) is 0 Å². The second kappa shape index (κ2) is 36.7. The molecular weight excluding hydrogens is 730 g/mol. The molecule has 0 aromatic heterocycles. The molecule has 0 aromatic carbocycles. The summed E-state index contributed by atoms with van der Waals surface area (Å²) in [6.07, 6.45) is 35.2. The topological polar surface area (TPSA) is 114 Å². The molecule has 0 aliphatic rings. The molecule has 6 nitrogen and oxygen atoms in total. The van der Waals surface area contributed by atoms with Gasteiger partial charge in [0.05, 0.1) is 20.2 Å². The third-order valence-corrected chi connectivity index (χ3v) is 11.8. The summed E-state index contributed by atoms with van der Waals surface area (Å²) in [4.78, 5) is 0. The van der Waals surface area contributed by atoms with Crippen LogP contribution in [0, 0.1) is 0 Å². The second-order valence-corrected chi connectivity index (χ2v) is 16.4. The van der Waals surface area contributed by atoms with Gasteiger partial charge in [-0.05, 0) is 25.7 Å². The van der Waals surface area contributed by atoms with Crippen LogP contribution in [-0.4, -0.2) is 85.3 Å². The Morgan fingerprint density at radius 2 is 0.533 bits per heavy atom. The first-order valence-electron chi connectivity index (χ1n) is 18.9. The van der Waals surface area contributed by atoms with Crippen molar-refractivity contribution in [2.24, 2.45) is 0 Å². The van der Waals surface area contributed by atoms with Gasteiger partial charge in [0.2, 0.25) is 0 Å². The predicted molar refractivity (Wildman–Crippen MR) is 194 cm³/mol. The minimum atomic E-state index is -4.08. The first-order chi connectivity index (χ1) is 21.0. The fraction of sp³-hybridized carbons (Fsp3) is 1.00. The van der Waals surface area contributed by atoms with Crippen LogP contribution in [-0.2, 0) is 20.2 Å². The fourth-order valence-corrected chi connectivity index (χ4v) is 7.61. The van der Waals surface area contributed by atoms with Crippen LogP contribution in [0.5, 0.6) is 0 Å². The second-order valence-electron chi connectivity index (χ2n) is 13.1. The van der Waals surface area contributed by atoms with Crippen molar-refractivity contribution in [1.82, 2.24) is 0 Å². The molecule has 0 amide bonds. The van der Waals surface area contributed by atoms with E-state index in [1.165, 1.54) is 141 Å². The quantitative estimate of drug-likeness (QED) is 0.0380. The molecule has 0 saturated heterocycles. The van der Waals surface area contributed by atoms with Crippen molar-refractivity contribution in [3.63, 3.8) is 0 Å². The molecule has 2 unspecified atom stereocenters. The number of unbranched alkanes of at least 4 members (excludes halogenated alkanes) is 24. The van der Waals surface area contributed by atoms with Gasteiger partial charge in [0.25, 0.3) is 0 Å². The zero-order valence-electron chi connectivity index (χ0n) is 30.3. The normalized spacial score (nSPS) is 13.1. The van der Waals surface area contributed by atoms with Gasteiger partial charge in [0.1, 0.15) is 0 Å². The Bertz CT molecular complexity index is 723. The Labute approximate surface area is 322 Å². The van der Waals surface area contributed by atoms with E-state index < -0.39 is 30.7 Å². The molecule has 0 N–H and O–H groups in total. The molecule has 9 heteroatoms. The molecule has 0 aliphatic heterocycles. The molecular formula is C36H74BaO6S2. The Hall–Kier alpha value is 1.39. The van der Waals surface area contributed by atoms with Gasteiger partial charge in [-0.1, -0.05) is 195 Å². The number of rotatable bonds is 32. The van der Waals surface area contributed by atoms with Crippen molar-refractivity contribution < 1.29 is 25.9 Å². The van der Waals surface area contributed by atoms with Crippen LogP contribution in [0.4, 0.5) is 0 Å². The van der Waals surface area contributed by atoms with Gasteiger partial charge in [0, 0.05) is 10.5 Å². The minimum Gasteiger partial charge on any atom is -0.748 e. The molecule has 0 aliphatic carbocycles. The molecule has 0 radical (unpaired) electrons. The molecule has 0 bridgehead atoms. The summed E-state index contributed by atoms with van der Waals surface area (Å²) in [5.41, 5.74) is 0. The van der Waals surface area contributed by atoms with Gasteiger partial charge in [-0.25, -0.2) is 16.8 Å². The summed E-state index contributed by atoms with van der Waals surface area (Å²) in [6, 6.07) is 0. The molecule has 2 atom stereocenters. The largest absolute Gasteiger partial charge is 2.00 e. The van der Waals surface area contributed by atoms with E-state index in [1.807, 2.05) is 0 Å². The molecule has 0 fully saturated rings. The Kier molecular flexibility index (Phi) is 41.4. The summed E-state index contributed by atoms with van der Waals surface area (Å²) in [5, 5.41) is -1.33. The molecule has 0 aromatic rings. The fourth-order valence-electron chi connectivity index (χ4n) is 5.88. The van der Waals surface area contributed by atoms with Crippen LogP contribution >= 0.6 is 0 Å². The maximum absolute atomic E-state index is 11.0. The summed E-state index contributed by atoms with van der Waals surface area (Å²) < 4.78 is 65.7. The van der Waals surface area contributed by atoms with E-state index in [2.05, 4.69) is 13.8 Å². The Morgan fingerprint density at radius 3 is 0.689 bits per heavy atom. The van der Waals surface area contributed by atoms with Crippen LogP contribution in [0.1, 0.15) is 220 Å². The average Bonchev–Trinajstić information content (AvgIpc) is 2.96. The molecule has 0 rings (SSSR count). The molecule has 268 valence electrons. The van der Waals surface area contributed by atoms with Gasteiger partial charge in [-0.3, -0.25) is 0 Å². The first kappa shape index (κ1) is 50.8. The van der Waals surface area contributed by atoms with Crippen LogP contribution in [0.25, 0.3) is 0 Å².